The summed E-state index contributed by atoms with van der Waals surface area (Å²) in [6, 6.07) is 1.80. The van der Waals surface area contributed by atoms with E-state index < -0.39 is 5.97 Å². The first-order valence-electron chi connectivity index (χ1n) is 6.04. The number of nitrogen functional groups attached to an aromatic ring is 1. The van der Waals surface area contributed by atoms with Gasteiger partial charge < -0.3 is 15.8 Å². The molecule has 1 aromatic heterocycles. The van der Waals surface area contributed by atoms with E-state index in [-0.39, 0.29) is 6.04 Å². The largest absolute Gasteiger partial charge is 0.465 e. The van der Waals surface area contributed by atoms with E-state index in [0.717, 1.165) is 6.42 Å². The van der Waals surface area contributed by atoms with Crippen molar-refractivity contribution in [3.05, 3.63) is 17.8 Å². The normalized spacial score (nSPS) is 12.3. The molecule has 0 fully saturated rings. The first-order valence-corrected chi connectivity index (χ1v) is 6.04. The fourth-order valence-electron chi connectivity index (χ4n) is 1.86. The maximum atomic E-state index is 11.6. The van der Waals surface area contributed by atoms with Crippen LogP contribution < -0.4 is 11.1 Å². The third-order valence-corrected chi connectivity index (χ3v) is 2.52. The van der Waals surface area contributed by atoms with Crippen molar-refractivity contribution in [2.45, 2.75) is 33.2 Å². The minimum Gasteiger partial charge on any atom is -0.465 e. The van der Waals surface area contributed by atoms with Crippen LogP contribution >= 0.6 is 0 Å². The van der Waals surface area contributed by atoms with Gasteiger partial charge in [-0.2, -0.15) is 0 Å². The van der Waals surface area contributed by atoms with Crippen LogP contribution in [0.3, 0.4) is 0 Å². The van der Waals surface area contributed by atoms with Gasteiger partial charge in [0.1, 0.15) is 11.4 Å². The third-order valence-electron chi connectivity index (χ3n) is 2.52. The van der Waals surface area contributed by atoms with Crippen molar-refractivity contribution < 1.29 is 9.53 Å². The Hall–Kier alpha value is -1.78. The van der Waals surface area contributed by atoms with Gasteiger partial charge in [-0.1, -0.05) is 13.8 Å². The predicted octanol–water partition coefficient (Wildman–Crippen LogP) is 2.30. The maximum Gasteiger partial charge on any atom is 0.341 e. The summed E-state index contributed by atoms with van der Waals surface area (Å²) >= 11 is 0. The van der Waals surface area contributed by atoms with E-state index in [1.807, 2.05) is 0 Å². The summed E-state index contributed by atoms with van der Waals surface area (Å²) in [5.41, 5.74) is 6.44. The summed E-state index contributed by atoms with van der Waals surface area (Å²) in [7, 11) is 1.34. The van der Waals surface area contributed by atoms with Crippen LogP contribution in [0.25, 0.3) is 0 Å². The Morgan fingerprint density at radius 2 is 2.17 bits per heavy atom. The van der Waals surface area contributed by atoms with E-state index in [4.69, 9.17) is 10.5 Å². The number of hydrogen-bond acceptors (Lipinski definition) is 5. The molecule has 0 saturated heterocycles. The van der Waals surface area contributed by atoms with Crippen LogP contribution in [0.2, 0.25) is 0 Å². The van der Waals surface area contributed by atoms with Crippen molar-refractivity contribution >= 4 is 17.5 Å². The number of hydrogen-bond donors (Lipinski definition) is 2. The van der Waals surface area contributed by atoms with E-state index in [1.165, 1.54) is 13.3 Å². The van der Waals surface area contributed by atoms with E-state index in [0.29, 0.717) is 23.0 Å². The van der Waals surface area contributed by atoms with Gasteiger partial charge in [-0.25, -0.2) is 9.78 Å². The van der Waals surface area contributed by atoms with Crippen molar-refractivity contribution in [1.29, 1.82) is 0 Å². The number of ether oxygens (including phenoxy) is 1. The molecule has 1 aromatic rings. The van der Waals surface area contributed by atoms with E-state index in [1.54, 1.807) is 6.07 Å². The molecule has 0 aliphatic heterocycles. The average molecular weight is 251 g/mol. The monoisotopic (exact) mass is 251 g/mol. The van der Waals surface area contributed by atoms with Crippen LogP contribution in [-0.4, -0.2) is 24.1 Å². The molecule has 3 N–H and O–H groups in total. The molecule has 100 valence electrons. The number of rotatable bonds is 5. The molecule has 0 aliphatic rings. The number of carbonyl (C=O) groups excluding carboxylic acids is 1. The van der Waals surface area contributed by atoms with Gasteiger partial charge in [-0.3, -0.25) is 0 Å². The molecule has 5 heteroatoms. The number of esters is 1. The number of carbonyl (C=O) groups is 1. The van der Waals surface area contributed by atoms with E-state index in [9.17, 15) is 4.79 Å². The van der Waals surface area contributed by atoms with Crippen molar-refractivity contribution in [2.75, 3.05) is 18.2 Å². The number of nitrogens with two attached hydrogens (primary N) is 1. The van der Waals surface area contributed by atoms with Crippen molar-refractivity contribution in [3.8, 4) is 0 Å². The number of pyridine rings is 1. The molecule has 1 atom stereocenters. The smallest absolute Gasteiger partial charge is 0.341 e. The standard InChI is InChI=1S/C13H21N3O2/c1-8(2)5-9(3)16-12-11(13(17)18-4)6-10(14)7-15-12/h6-9H,5,14H2,1-4H3,(H,15,16). The molecule has 0 radical (unpaired) electrons. The summed E-state index contributed by atoms with van der Waals surface area (Å²) in [6.07, 6.45) is 2.52. The zero-order valence-corrected chi connectivity index (χ0v) is 11.4. The number of aromatic nitrogens is 1. The second-order valence-electron chi connectivity index (χ2n) is 4.83. The second kappa shape index (κ2) is 6.23. The number of nitrogens with one attached hydrogen (secondary N) is 1. The summed E-state index contributed by atoms with van der Waals surface area (Å²) in [5.74, 6) is 0.654. The molecule has 1 heterocycles. The third kappa shape index (κ3) is 3.91. The first-order chi connectivity index (χ1) is 8.43. The van der Waals surface area contributed by atoms with Crippen molar-refractivity contribution in [3.63, 3.8) is 0 Å². The molecule has 0 spiro atoms. The molecule has 5 nitrogen and oxygen atoms in total. The van der Waals surface area contributed by atoms with Crippen molar-refractivity contribution in [1.82, 2.24) is 4.98 Å². The Morgan fingerprint density at radius 1 is 1.50 bits per heavy atom. The lowest BCUT2D eigenvalue weighted by Gasteiger charge is -2.18. The van der Waals surface area contributed by atoms with Gasteiger partial charge in [0.2, 0.25) is 0 Å². The predicted molar refractivity (Wildman–Crippen MR) is 72.5 cm³/mol. The topological polar surface area (TPSA) is 77.2 Å². The zero-order valence-electron chi connectivity index (χ0n) is 11.4. The maximum absolute atomic E-state index is 11.6. The Morgan fingerprint density at radius 3 is 2.72 bits per heavy atom. The van der Waals surface area contributed by atoms with Crippen LogP contribution in [0.1, 0.15) is 37.6 Å². The SMILES string of the molecule is COC(=O)c1cc(N)cnc1NC(C)CC(C)C. The highest BCUT2D eigenvalue weighted by Crippen LogP contribution is 2.19. The van der Waals surface area contributed by atoms with Crippen LogP contribution in [0, 0.1) is 5.92 Å². The van der Waals surface area contributed by atoms with E-state index >= 15 is 0 Å². The zero-order chi connectivity index (χ0) is 13.7. The molecule has 0 aliphatic carbocycles. The highest BCUT2D eigenvalue weighted by Gasteiger charge is 2.15. The summed E-state index contributed by atoms with van der Waals surface area (Å²) in [6.45, 7) is 6.35. The Labute approximate surface area is 108 Å². The van der Waals surface area contributed by atoms with Gasteiger partial charge in [-0.05, 0) is 25.3 Å². The summed E-state index contributed by atoms with van der Waals surface area (Å²) in [4.78, 5) is 15.8. The molecular formula is C13H21N3O2. The van der Waals surface area contributed by atoms with Crippen LogP contribution in [0.5, 0.6) is 0 Å². The van der Waals surface area contributed by atoms with Crippen LogP contribution in [0.15, 0.2) is 12.3 Å². The summed E-state index contributed by atoms with van der Waals surface area (Å²) in [5, 5.41) is 3.22. The second-order valence-corrected chi connectivity index (χ2v) is 4.83. The van der Waals surface area contributed by atoms with Crippen LogP contribution in [0.4, 0.5) is 11.5 Å². The van der Waals surface area contributed by atoms with Crippen molar-refractivity contribution in [2.24, 2.45) is 5.92 Å². The molecule has 0 bridgehead atoms. The number of methoxy groups -OCH3 is 1. The highest BCUT2D eigenvalue weighted by molar-refractivity contribution is 5.95. The number of nitrogens with zero attached hydrogens (tertiary/aromatic N) is 1. The lowest BCUT2D eigenvalue weighted by atomic mass is 10.1. The molecular weight excluding hydrogens is 230 g/mol. The lowest BCUT2D eigenvalue weighted by molar-refractivity contribution is 0.0601. The highest BCUT2D eigenvalue weighted by atomic mass is 16.5. The summed E-state index contributed by atoms with van der Waals surface area (Å²) < 4.78 is 4.72. The average Bonchev–Trinajstić information content (AvgIpc) is 2.29. The fraction of sp³-hybridized carbons (Fsp3) is 0.538. The van der Waals surface area contributed by atoms with Crippen LogP contribution in [-0.2, 0) is 4.74 Å². The van der Waals surface area contributed by atoms with Gasteiger partial charge in [-0.15, -0.1) is 0 Å². The molecule has 0 saturated carbocycles. The van der Waals surface area contributed by atoms with Gasteiger partial charge in [0.25, 0.3) is 0 Å². The minimum atomic E-state index is -0.436. The van der Waals surface area contributed by atoms with Gasteiger partial charge >= 0.3 is 5.97 Å². The Balaban J connectivity index is 2.90. The van der Waals surface area contributed by atoms with E-state index in [2.05, 4.69) is 31.1 Å². The molecule has 18 heavy (non-hydrogen) atoms. The molecule has 1 rings (SSSR count). The molecule has 1 unspecified atom stereocenters. The van der Waals surface area contributed by atoms with Gasteiger partial charge in [0, 0.05) is 6.04 Å². The van der Waals surface area contributed by atoms with Gasteiger partial charge in [0.05, 0.1) is 19.0 Å². The lowest BCUT2D eigenvalue weighted by Crippen LogP contribution is -2.20. The number of anilines is 2. The molecule has 0 amide bonds. The quantitative estimate of drug-likeness (QED) is 0.785. The minimum absolute atomic E-state index is 0.226. The first kappa shape index (κ1) is 14.3. The fourth-order valence-corrected chi connectivity index (χ4v) is 1.86. The Bertz CT molecular complexity index is 419. The van der Waals surface area contributed by atoms with Gasteiger partial charge in [0.15, 0.2) is 0 Å². The Kier molecular flexibility index (Phi) is 4.95. The molecule has 0 aromatic carbocycles.